The Hall–Kier alpha value is -1.63. The van der Waals surface area contributed by atoms with Gasteiger partial charge in [0, 0.05) is 18.5 Å². The molecular weight excluding hydrogens is 370 g/mol. The van der Waals surface area contributed by atoms with E-state index >= 15 is 0 Å². The van der Waals surface area contributed by atoms with Crippen molar-refractivity contribution in [3.05, 3.63) is 29.8 Å². The van der Waals surface area contributed by atoms with Gasteiger partial charge in [0.2, 0.25) is 0 Å². The van der Waals surface area contributed by atoms with Crippen LogP contribution in [0, 0.1) is 5.92 Å². The molecule has 0 saturated carbocycles. The van der Waals surface area contributed by atoms with Crippen molar-refractivity contribution in [1.82, 2.24) is 4.90 Å². The molecule has 27 heavy (non-hydrogen) atoms. The number of halogens is 1. The molecule has 0 bridgehead atoms. The standard InChI is InChI=1S/C20H29NO5.ClH/c1-3-19(23)15-5-7-18(8-6-15)26-14-17(22)13-21-11-9-16(10-12-21)20(24)25-4-2;/h5-8,16-17,22H,3-4,9-14H2,1-2H3;1H/p-1. The Morgan fingerprint density at radius 3 is 2.37 bits per heavy atom. The maximum absolute atomic E-state index is 11.7. The molecule has 0 radical (unpaired) electrons. The highest BCUT2D eigenvalue weighted by Crippen LogP contribution is 2.19. The van der Waals surface area contributed by atoms with Gasteiger partial charge in [0.05, 0.1) is 12.5 Å². The number of benzene rings is 1. The van der Waals surface area contributed by atoms with Crippen LogP contribution in [0.1, 0.15) is 43.5 Å². The highest BCUT2D eigenvalue weighted by molar-refractivity contribution is 5.95. The van der Waals surface area contributed by atoms with Crippen molar-refractivity contribution in [2.24, 2.45) is 5.92 Å². The summed E-state index contributed by atoms with van der Waals surface area (Å²) < 4.78 is 10.7. The van der Waals surface area contributed by atoms with E-state index in [9.17, 15) is 14.7 Å². The molecule has 1 aromatic rings. The van der Waals surface area contributed by atoms with E-state index in [2.05, 4.69) is 4.90 Å². The minimum atomic E-state index is -0.605. The first-order chi connectivity index (χ1) is 12.5. The number of rotatable bonds is 9. The van der Waals surface area contributed by atoms with Crippen molar-refractivity contribution in [1.29, 1.82) is 0 Å². The zero-order valence-corrected chi connectivity index (χ0v) is 16.8. The lowest BCUT2D eigenvalue weighted by Crippen LogP contribution is -3.00. The summed E-state index contributed by atoms with van der Waals surface area (Å²) in [4.78, 5) is 25.5. The summed E-state index contributed by atoms with van der Waals surface area (Å²) in [5, 5.41) is 10.2. The molecule has 152 valence electrons. The second-order valence-electron chi connectivity index (χ2n) is 6.59. The topological polar surface area (TPSA) is 76.1 Å². The van der Waals surface area contributed by atoms with Gasteiger partial charge in [-0.15, -0.1) is 0 Å². The summed E-state index contributed by atoms with van der Waals surface area (Å²) >= 11 is 0. The highest BCUT2D eigenvalue weighted by atomic mass is 35.5. The van der Waals surface area contributed by atoms with Crippen LogP contribution in [0.4, 0.5) is 0 Å². The largest absolute Gasteiger partial charge is 1.00 e. The Labute approximate surface area is 167 Å². The molecule has 7 heteroatoms. The molecule has 0 spiro atoms. The highest BCUT2D eigenvalue weighted by Gasteiger charge is 2.26. The first-order valence-corrected chi connectivity index (χ1v) is 9.36. The number of Topliss-reactive ketones (excluding diaryl/α,β-unsaturated/α-hetero) is 1. The lowest BCUT2D eigenvalue weighted by molar-refractivity contribution is -0.149. The van der Waals surface area contributed by atoms with Crippen LogP contribution in [-0.2, 0) is 9.53 Å². The van der Waals surface area contributed by atoms with Crippen LogP contribution < -0.4 is 17.1 Å². The van der Waals surface area contributed by atoms with Crippen LogP contribution >= 0.6 is 0 Å². The fourth-order valence-electron chi connectivity index (χ4n) is 3.10. The Kier molecular flexibility index (Phi) is 10.4. The number of piperidine rings is 1. The summed E-state index contributed by atoms with van der Waals surface area (Å²) in [5.74, 6) is 0.602. The molecule has 1 fully saturated rings. The van der Waals surface area contributed by atoms with Gasteiger partial charge < -0.3 is 31.9 Å². The summed E-state index contributed by atoms with van der Waals surface area (Å²) in [6, 6.07) is 6.99. The first-order valence-electron chi connectivity index (χ1n) is 9.36. The Morgan fingerprint density at radius 2 is 1.81 bits per heavy atom. The second kappa shape index (κ2) is 12.0. The van der Waals surface area contributed by atoms with Crippen molar-refractivity contribution >= 4 is 11.8 Å². The molecule has 1 aliphatic heterocycles. The summed E-state index contributed by atoms with van der Waals surface area (Å²) in [6.07, 6.45) is 1.40. The van der Waals surface area contributed by atoms with Crippen LogP contribution in [-0.4, -0.2) is 60.7 Å². The molecule has 1 aromatic carbocycles. The predicted molar refractivity (Wildman–Crippen MR) is 98.4 cm³/mol. The van der Waals surface area contributed by atoms with Gasteiger partial charge >= 0.3 is 5.97 Å². The van der Waals surface area contributed by atoms with Gasteiger partial charge in [-0.3, -0.25) is 9.59 Å². The van der Waals surface area contributed by atoms with Gasteiger partial charge in [-0.2, -0.15) is 0 Å². The van der Waals surface area contributed by atoms with Crippen LogP contribution in [0.25, 0.3) is 0 Å². The number of carbonyl (C=O) groups excluding carboxylic acids is 2. The van der Waals surface area contributed by atoms with E-state index < -0.39 is 6.10 Å². The molecular formula is C20H29ClNO5-. The zero-order valence-electron chi connectivity index (χ0n) is 16.0. The van der Waals surface area contributed by atoms with Crippen molar-refractivity contribution in [2.75, 3.05) is 32.8 Å². The number of hydrogen-bond acceptors (Lipinski definition) is 6. The average Bonchev–Trinajstić information content (AvgIpc) is 2.67. The monoisotopic (exact) mass is 398 g/mol. The van der Waals surface area contributed by atoms with Gasteiger partial charge in [0.1, 0.15) is 18.5 Å². The van der Waals surface area contributed by atoms with Crippen LogP contribution in [0.5, 0.6) is 5.75 Å². The number of hydrogen-bond donors (Lipinski definition) is 1. The van der Waals surface area contributed by atoms with Crippen LogP contribution in [0.3, 0.4) is 0 Å². The van der Waals surface area contributed by atoms with E-state index in [0.29, 0.717) is 30.9 Å². The minimum absolute atomic E-state index is 0. The number of nitrogens with zero attached hydrogens (tertiary/aromatic N) is 1. The Balaban J connectivity index is 0.00000364. The van der Waals surface area contributed by atoms with Crippen LogP contribution in [0.15, 0.2) is 24.3 Å². The molecule has 0 aromatic heterocycles. The molecule has 2 rings (SSSR count). The van der Waals surface area contributed by atoms with Gasteiger partial charge in [-0.1, -0.05) is 6.92 Å². The third-order valence-corrected chi connectivity index (χ3v) is 4.62. The fourth-order valence-corrected chi connectivity index (χ4v) is 3.10. The molecule has 1 unspecified atom stereocenters. The number of esters is 1. The SMILES string of the molecule is CCOC(=O)C1CCN(CC(O)COc2ccc(C(=O)CC)cc2)CC1.[Cl-]. The number of ketones is 1. The molecule has 1 saturated heterocycles. The zero-order chi connectivity index (χ0) is 18.9. The number of likely N-dealkylation sites (tertiary alicyclic amines) is 1. The third kappa shape index (κ3) is 7.48. The van der Waals surface area contributed by atoms with Gasteiger partial charge in [-0.25, -0.2) is 0 Å². The lowest BCUT2D eigenvalue weighted by Gasteiger charge is -2.32. The molecule has 0 amide bonds. The molecule has 1 aliphatic rings. The van der Waals surface area contributed by atoms with E-state index in [4.69, 9.17) is 9.47 Å². The fraction of sp³-hybridized carbons (Fsp3) is 0.600. The first kappa shape index (κ1) is 23.4. The van der Waals surface area contributed by atoms with Crippen molar-refractivity contribution in [3.8, 4) is 5.75 Å². The number of aliphatic hydroxyl groups excluding tert-OH is 1. The van der Waals surface area contributed by atoms with E-state index in [-0.39, 0.29) is 36.7 Å². The van der Waals surface area contributed by atoms with Crippen molar-refractivity contribution in [3.63, 3.8) is 0 Å². The molecule has 1 heterocycles. The van der Waals surface area contributed by atoms with E-state index in [0.717, 1.165) is 25.9 Å². The van der Waals surface area contributed by atoms with Crippen molar-refractivity contribution in [2.45, 2.75) is 39.2 Å². The van der Waals surface area contributed by atoms with Crippen molar-refractivity contribution < 1.29 is 36.6 Å². The van der Waals surface area contributed by atoms with E-state index in [1.807, 2.05) is 13.8 Å². The Bertz CT molecular complexity index is 585. The Morgan fingerprint density at radius 1 is 1.19 bits per heavy atom. The number of β-amino-alcohol motifs (C(OH)–C–C–N with tert-alkyl or cyclic N) is 1. The summed E-state index contributed by atoms with van der Waals surface area (Å²) in [6.45, 7) is 6.32. The second-order valence-corrected chi connectivity index (χ2v) is 6.59. The van der Waals surface area contributed by atoms with E-state index in [1.54, 1.807) is 24.3 Å². The molecule has 1 N–H and O–H groups in total. The van der Waals surface area contributed by atoms with Gasteiger partial charge in [-0.05, 0) is 57.1 Å². The quantitative estimate of drug-likeness (QED) is 0.438. The molecule has 1 atom stereocenters. The minimum Gasteiger partial charge on any atom is -1.00 e. The molecule has 6 nitrogen and oxygen atoms in total. The number of carbonyl (C=O) groups is 2. The third-order valence-electron chi connectivity index (χ3n) is 4.62. The lowest BCUT2D eigenvalue weighted by atomic mass is 9.97. The normalized spacial score (nSPS) is 16.3. The smallest absolute Gasteiger partial charge is 0.309 e. The summed E-state index contributed by atoms with van der Waals surface area (Å²) in [7, 11) is 0. The van der Waals surface area contributed by atoms with Gasteiger partial charge in [0.25, 0.3) is 0 Å². The average molecular weight is 399 g/mol. The number of aliphatic hydroxyl groups is 1. The van der Waals surface area contributed by atoms with Gasteiger partial charge in [0.15, 0.2) is 5.78 Å². The molecule has 0 aliphatic carbocycles. The predicted octanol–water partition coefficient (Wildman–Crippen LogP) is -0.702. The summed E-state index contributed by atoms with van der Waals surface area (Å²) in [5.41, 5.74) is 0.671. The maximum atomic E-state index is 11.7. The number of ether oxygens (including phenoxy) is 2. The van der Waals surface area contributed by atoms with Crippen LogP contribution in [0.2, 0.25) is 0 Å². The maximum Gasteiger partial charge on any atom is 0.309 e. The van der Waals surface area contributed by atoms with E-state index in [1.165, 1.54) is 0 Å².